The summed E-state index contributed by atoms with van der Waals surface area (Å²) in [6.07, 6.45) is 6.71. The molecule has 7 atom stereocenters. The van der Waals surface area contributed by atoms with Gasteiger partial charge in [0.1, 0.15) is 5.60 Å². The number of rotatable bonds is 8. The van der Waals surface area contributed by atoms with Gasteiger partial charge in [0.2, 0.25) is 18.5 Å². The smallest absolute Gasteiger partial charge is 0.306 e. The number of carbonyl (C=O) groups excluding carboxylic acids is 4. The van der Waals surface area contributed by atoms with Crippen LogP contribution in [0.1, 0.15) is 64.4 Å². The molecule has 3 fully saturated rings. The summed E-state index contributed by atoms with van der Waals surface area (Å²) in [7, 11) is 0. The van der Waals surface area contributed by atoms with Crippen molar-refractivity contribution in [1.82, 2.24) is 5.32 Å². The van der Waals surface area contributed by atoms with Crippen LogP contribution in [-0.4, -0.2) is 58.8 Å². The second kappa shape index (κ2) is 10.9. The Morgan fingerprint density at radius 2 is 1.95 bits per heavy atom. The van der Waals surface area contributed by atoms with Crippen molar-refractivity contribution >= 4 is 23.4 Å². The zero-order valence-electron chi connectivity index (χ0n) is 24.6. The van der Waals surface area contributed by atoms with E-state index < -0.39 is 40.9 Å². The summed E-state index contributed by atoms with van der Waals surface area (Å²) in [5.74, 6) is -0.495. The summed E-state index contributed by atoms with van der Waals surface area (Å²) in [5, 5.41) is 26.1. The summed E-state index contributed by atoms with van der Waals surface area (Å²) >= 11 is 0. The molecule has 5 aliphatic rings. The van der Waals surface area contributed by atoms with E-state index in [0.717, 1.165) is 24.0 Å². The first-order valence-electron chi connectivity index (χ1n) is 15.1. The predicted molar refractivity (Wildman–Crippen MR) is 153 cm³/mol. The lowest BCUT2D eigenvalue weighted by Gasteiger charge is -2.59. The Morgan fingerprint density at radius 1 is 1.14 bits per heavy atom. The van der Waals surface area contributed by atoms with Crippen LogP contribution in [0.15, 0.2) is 42.0 Å². The molecule has 1 aromatic rings. The van der Waals surface area contributed by atoms with Crippen LogP contribution in [0.2, 0.25) is 0 Å². The molecule has 1 aliphatic heterocycles. The molecule has 3 saturated carbocycles. The molecule has 10 heteroatoms. The molecule has 43 heavy (non-hydrogen) atoms. The average molecular weight is 594 g/mol. The van der Waals surface area contributed by atoms with Crippen LogP contribution in [0.25, 0.3) is 0 Å². The molecule has 10 nitrogen and oxygen atoms in total. The van der Waals surface area contributed by atoms with Crippen LogP contribution in [-0.2, 0) is 30.5 Å². The molecule has 1 aromatic carbocycles. The van der Waals surface area contributed by atoms with Gasteiger partial charge >= 0.3 is 5.97 Å². The van der Waals surface area contributed by atoms with E-state index in [2.05, 4.69) is 12.2 Å². The molecular formula is C33H39NO9. The lowest BCUT2D eigenvalue weighted by Crippen LogP contribution is -2.61. The van der Waals surface area contributed by atoms with Gasteiger partial charge in [-0.05, 0) is 62.2 Å². The molecule has 0 saturated heterocycles. The van der Waals surface area contributed by atoms with Gasteiger partial charge in [-0.3, -0.25) is 19.2 Å². The monoisotopic (exact) mass is 593 g/mol. The van der Waals surface area contributed by atoms with E-state index in [-0.39, 0.29) is 68.5 Å². The van der Waals surface area contributed by atoms with E-state index in [4.69, 9.17) is 14.2 Å². The topological polar surface area (TPSA) is 148 Å². The van der Waals surface area contributed by atoms with Crippen molar-refractivity contribution in [2.45, 2.75) is 77.0 Å². The second-order valence-corrected chi connectivity index (χ2v) is 13.1. The maximum Gasteiger partial charge on any atom is 0.306 e. The van der Waals surface area contributed by atoms with Gasteiger partial charge in [0.15, 0.2) is 23.9 Å². The van der Waals surface area contributed by atoms with Crippen LogP contribution < -0.4 is 14.8 Å². The number of nitrogens with one attached hydrogen (secondary N) is 1. The van der Waals surface area contributed by atoms with E-state index in [9.17, 15) is 29.4 Å². The van der Waals surface area contributed by atoms with E-state index in [0.29, 0.717) is 17.9 Å². The highest BCUT2D eigenvalue weighted by Crippen LogP contribution is 2.67. The van der Waals surface area contributed by atoms with Gasteiger partial charge in [-0.15, -0.1) is 0 Å². The minimum Gasteiger partial charge on any atom is -0.458 e. The Kier molecular flexibility index (Phi) is 7.49. The van der Waals surface area contributed by atoms with E-state index in [1.807, 2.05) is 19.1 Å². The summed E-state index contributed by atoms with van der Waals surface area (Å²) < 4.78 is 16.0. The molecule has 6 rings (SSSR count). The molecule has 0 aromatic heterocycles. The summed E-state index contributed by atoms with van der Waals surface area (Å²) in [6, 6.07) is 5.40. The van der Waals surface area contributed by atoms with Crippen molar-refractivity contribution < 1.29 is 43.6 Å². The number of fused-ring (bicyclic) bond motifs is 6. The lowest BCUT2D eigenvalue weighted by atomic mass is 9.46. The van der Waals surface area contributed by atoms with Crippen molar-refractivity contribution in [2.75, 3.05) is 13.4 Å². The Hall–Kier alpha value is -3.50. The molecule has 0 bridgehead atoms. The molecule has 0 unspecified atom stereocenters. The molecule has 1 heterocycles. The predicted octanol–water partition coefficient (Wildman–Crippen LogP) is 2.93. The third-order valence-electron chi connectivity index (χ3n) is 11.0. The van der Waals surface area contributed by atoms with Gasteiger partial charge in [0, 0.05) is 35.3 Å². The van der Waals surface area contributed by atoms with Crippen molar-refractivity contribution in [3.8, 4) is 11.5 Å². The number of ether oxygens (including phenoxy) is 3. The number of ketones is 2. The number of hydrogen-bond acceptors (Lipinski definition) is 9. The first kappa shape index (κ1) is 29.6. The molecule has 1 amide bonds. The largest absolute Gasteiger partial charge is 0.458 e. The Balaban J connectivity index is 1.03. The highest BCUT2D eigenvalue weighted by Gasteiger charge is 2.68. The molecule has 0 spiro atoms. The SMILES string of the molecule is C[C@]12C=CC(=O)C=C1CC[C@@H]1[C@@H]2[C@@H](O)C[C@@]2(C)[C@H]1CC[C@]2(O)C(=O)COC(=O)CCC(=O)NCc1cccc2c1OCO2. The standard InChI is InChI=1S/C33H39NO9/c1-31-12-10-21(35)14-20(31)6-7-22-23-11-13-33(40,32(23,2)15-24(36)29(22)31)26(37)17-41-28(39)9-8-27(38)34-16-19-4-3-5-25-30(19)43-18-42-25/h3-5,10,12,14,22-24,29,36,40H,6-9,11,13,15-18H2,1-2H3,(H,34,38)/t22-,23-,24-,29+,31-,32-,33-/m0/s1. The maximum absolute atomic E-state index is 13.4. The Bertz CT molecular complexity index is 1420. The number of para-hydroxylation sites is 1. The van der Waals surface area contributed by atoms with Crippen LogP contribution in [0.3, 0.4) is 0 Å². The number of esters is 1. The molecule has 3 N–H and O–H groups in total. The highest BCUT2D eigenvalue weighted by molar-refractivity contribution is 6.01. The van der Waals surface area contributed by atoms with Crippen molar-refractivity contribution in [3.05, 3.63) is 47.6 Å². The number of amides is 1. The lowest BCUT2D eigenvalue weighted by molar-refractivity contribution is -0.181. The fourth-order valence-electron chi connectivity index (χ4n) is 8.75. The summed E-state index contributed by atoms with van der Waals surface area (Å²) in [4.78, 5) is 50.3. The fourth-order valence-corrected chi connectivity index (χ4v) is 8.75. The number of aliphatic hydroxyl groups is 2. The van der Waals surface area contributed by atoms with Gasteiger partial charge in [-0.1, -0.05) is 37.6 Å². The van der Waals surface area contributed by atoms with Gasteiger partial charge in [0.25, 0.3) is 0 Å². The second-order valence-electron chi connectivity index (χ2n) is 13.1. The minimum atomic E-state index is -1.74. The quantitative estimate of drug-likeness (QED) is 0.387. The van der Waals surface area contributed by atoms with E-state index in [1.54, 1.807) is 24.3 Å². The van der Waals surface area contributed by atoms with Crippen LogP contribution >= 0.6 is 0 Å². The van der Waals surface area contributed by atoms with E-state index >= 15 is 0 Å². The van der Waals surface area contributed by atoms with Crippen molar-refractivity contribution in [1.29, 1.82) is 0 Å². The third-order valence-corrected chi connectivity index (χ3v) is 11.0. The van der Waals surface area contributed by atoms with Gasteiger partial charge < -0.3 is 29.7 Å². The van der Waals surface area contributed by atoms with Gasteiger partial charge in [-0.25, -0.2) is 0 Å². The summed E-state index contributed by atoms with van der Waals surface area (Å²) in [5.41, 5.74) is -1.25. The number of Topliss-reactive ketones (excluding diaryl/α,β-unsaturated/α-hetero) is 1. The molecule has 4 aliphatic carbocycles. The maximum atomic E-state index is 13.4. The number of carbonyl (C=O) groups is 4. The minimum absolute atomic E-state index is 0.00135. The first-order valence-corrected chi connectivity index (χ1v) is 15.1. The Morgan fingerprint density at radius 3 is 2.77 bits per heavy atom. The number of benzene rings is 1. The van der Waals surface area contributed by atoms with Crippen LogP contribution in [0.4, 0.5) is 0 Å². The zero-order chi connectivity index (χ0) is 30.6. The van der Waals surface area contributed by atoms with Gasteiger partial charge in [0.05, 0.1) is 12.5 Å². The van der Waals surface area contributed by atoms with Crippen LogP contribution in [0, 0.1) is 28.6 Å². The third kappa shape index (κ3) is 4.88. The number of allylic oxidation sites excluding steroid dienone is 4. The van der Waals surface area contributed by atoms with Crippen molar-refractivity contribution in [2.24, 2.45) is 28.6 Å². The normalized spacial score (nSPS) is 35.3. The first-order chi connectivity index (χ1) is 20.5. The Labute approximate surface area is 250 Å². The average Bonchev–Trinajstić information content (AvgIpc) is 3.56. The molecule has 0 radical (unpaired) electrons. The highest BCUT2D eigenvalue weighted by atomic mass is 16.7. The van der Waals surface area contributed by atoms with Crippen molar-refractivity contribution in [3.63, 3.8) is 0 Å². The number of hydrogen-bond donors (Lipinski definition) is 3. The fraction of sp³-hybridized carbons (Fsp3) is 0.576. The van der Waals surface area contributed by atoms with Gasteiger partial charge in [-0.2, -0.15) is 0 Å². The summed E-state index contributed by atoms with van der Waals surface area (Å²) in [6.45, 7) is 3.70. The van der Waals surface area contributed by atoms with E-state index in [1.165, 1.54) is 0 Å². The van der Waals surface area contributed by atoms with Crippen LogP contribution in [0.5, 0.6) is 11.5 Å². The molecular weight excluding hydrogens is 554 g/mol. The zero-order valence-corrected chi connectivity index (χ0v) is 24.6. The molecule has 230 valence electrons. The number of aliphatic hydroxyl groups excluding tert-OH is 1.